The zero-order valence-electron chi connectivity index (χ0n) is 7.90. The van der Waals surface area contributed by atoms with Gasteiger partial charge in [0, 0.05) is 12.1 Å². The van der Waals surface area contributed by atoms with Crippen molar-refractivity contribution in [1.82, 2.24) is 5.32 Å². The molecule has 0 radical (unpaired) electrons. The largest absolute Gasteiger partial charge is 0.378 e. The van der Waals surface area contributed by atoms with E-state index >= 15 is 0 Å². The molecule has 1 unspecified atom stereocenters. The van der Waals surface area contributed by atoms with Gasteiger partial charge in [-0.15, -0.1) is 0 Å². The van der Waals surface area contributed by atoms with Crippen LogP contribution in [0.25, 0.3) is 0 Å². The van der Waals surface area contributed by atoms with E-state index in [-0.39, 0.29) is 10.5 Å². The molecule has 1 fully saturated rings. The van der Waals surface area contributed by atoms with Gasteiger partial charge in [0.25, 0.3) is 0 Å². The molecule has 1 N–H and O–H groups in total. The Morgan fingerprint density at radius 3 is 2.87 bits per heavy atom. The average Bonchev–Trinajstić information content (AvgIpc) is 2.27. The van der Waals surface area contributed by atoms with Crippen molar-refractivity contribution in [2.24, 2.45) is 0 Å². The molecule has 5 heteroatoms. The maximum atomic E-state index is 13.7. The summed E-state index contributed by atoms with van der Waals surface area (Å²) in [5.74, 6) is -1.15. The maximum Gasteiger partial charge on any atom is 0.145 e. The minimum Gasteiger partial charge on any atom is -0.378 e. The van der Waals surface area contributed by atoms with Gasteiger partial charge in [-0.1, -0.05) is 6.07 Å². The molecule has 0 aliphatic carbocycles. The molecule has 2 nitrogen and oxygen atoms in total. The highest BCUT2D eigenvalue weighted by atomic mass is 79.9. The number of halogens is 3. The SMILES string of the molecule is Fc1ccc(C2COCCN2)c(F)c1Br. The monoisotopic (exact) mass is 277 g/mol. The van der Waals surface area contributed by atoms with Crippen molar-refractivity contribution in [2.45, 2.75) is 6.04 Å². The topological polar surface area (TPSA) is 21.3 Å². The Morgan fingerprint density at radius 1 is 1.40 bits per heavy atom. The predicted molar refractivity (Wildman–Crippen MR) is 55.6 cm³/mol. The number of ether oxygens (including phenoxy) is 1. The number of benzene rings is 1. The molecule has 1 atom stereocenters. The van der Waals surface area contributed by atoms with E-state index in [9.17, 15) is 8.78 Å². The van der Waals surface area contributed by atoms with Crippen LogP contribution in [0.15, 0.2) is 16.6 Å². The van der Waals surface area contributed by atoms with E-state index in [0.717, 1.165) is 0 Å². The number of morpholine rings is 1. The van der Waals surface area contributed by atoms with Crippen molar-refractivity contribution in [2.75, 3.05) is 19.8 Å². The highest BCUT2D eigenvalue weighted by Crippen LogP contribution is 2.27. The molecule has 2 rings (SSSR count). The summed E-state index contributed by atoms with van der Waals surface area (Å²) in [6, 6.07) is 2.50. The smallest absolute Gasteiger partial charge is 0.145 e. The third kappa shape index (κ3) is 2.19. The van der Waals surface area contributed by atoms with Gasteiger partial charge in [0.1, 0.15) is 11.6 Å². The normalized spacial score (nSPS) is 21.7. The van der Waals surface area contributed by atoms with Crippen molar-refractivity contribution in [3.8, 4) is 0 Å². The van der Waals surface area contributed by atoms with Crippen LogP contribution < -0.4 is 5.32 Å². The molecule has 0 aromatic heterocycles. The standard InChI is InChI=1S/C10H10BrF2NO/c11-9-7(12)2-1-6(10(9)13)8-5-15-4-3-14-8/h1-2,8,14H,3-5H2. The van der Waals surface area contributed by atoms with Gasteiger partial charge in [-0.3, -0.25) is 0 Å². The van der Waals surface area contributed by atoms with E-state index < -0.39 is 11.6 Å². The van der Waals surface area contributed by atoms with Crippen molar-refractivity contribution in [3.63, 3.8) is 0 Å². The fraction of sp³-hybridized carbons (Fsp3) is 0.400. The molecule has 1 saturated heterocycles. The molecule has 1 aromatic carbocycles. The van der Waals surface area contributed by atoms with Crippen molar-refractivity contribution < 1.29 is 13.5 Å². The van der Waals surface area contributed by atoms with Gasteiger partial charge >= 0.3 is 0 Å². The first-order valence-corrected chi connectivity index (χ1v) is 5.44. The number of hydrogen-bond donors (Lipinski definition) is 1. The van der Waals surface area contributed by atoms with E-state index in [0.29, 0.717) is 25.3 Å². The molecule has 0 bridgehead atoms. The molecular weight excluding hydrogens is 268 g/mol. The molecule has 82 valence electrons. The Hall–Kier alpha value is -0.520. The first-order chi connectivity index (χ1) is 7.20. The van der Waals surface area contributed by atoms with E-state index in [2.05, 4.69) is 21.2 Å². The molecule has 1 aromatic rings. The molecule has 0 saturated carbocycles. The maximum absolute atomic E-state index is 13.7. The van der Waals surface area contributed by atoms with Crippen LogP contribution in [0, 0.1) is 11.6 Å². The molecule has 1 aliphatic heterocycles. The second-order valence-corrected chi connectivity index (χ2v) is 4.14. The average molecular weight is 278 g/mol. The molecule has 1 aliphatic rings. The van der Waals surface area contributed by atoms with Crippen molar-refractivity contribution in [3.05, 3.63) is 33.8 Å². The first-order valence-electron chi connectivity index (χ1n) is 4.64. The highest BCUT2D eigenvalue weighted by Gasteiger charge is 2.21. The number of rotatable bonds is 1. The van der Waals surface area contributed by atoms with E-state index in [4.69, 9.17) is 4.74 Å². The van der Waals surface area contributed by atoms with Crippen molar-refractivity contribution >= 4 is 15.9 Å². The van der Waals surface area contributed by atoms with Gasteiger partial charge < -0.3 is 10.1 Å². The second kappa shape index (κ2) is 4.55. The summed E-state index contributed by atoms with van der Waals surface area (Å²) in [4.78, 5) is 0. The zero-order valence-corrected chi connectivity index (χ0v) is 9.48. The minimum atomic E-state index is -0.590. The summed E-state index contributed by atoms with van der Waals surface area (Å²) in [6.07, 6.45) is 0. The predicted octanol–water partition coefficient (Wildman–Crippen LogP) is 2.39. The van der Waals surface area contributed by atoms with Crippen LogP contribution in [-0.4, -0.2) is 19.8 Å². The zero-order chi connectivity index (χ0) is 10.8. The van der Waals surface area contributed by atoms with Crippen LogP contribution >= 0.6 is 15.9 Å². The van der Waals surface area contributed by atoms with Gasteiger partial charge in [0.05, 0.1) is 23.7 Å². The fourth-order valence-electron chi connectivity index (χ4n) is 1.58. The quantitative estimate of drug-likeness (QED) is 0.796. The summed E-state index contributed by atoms with van der Waals surface area (Å²) in [5, 5.41) is 3.11. The summed E-state index contributed by atoms with van der Waals surface area (Å²) >= 11 is 2.88. The Labute approximate surface area is 94.7 Å². The third-order valence-electron chi connectivity index (χ3n) is 2.36. The second-order valence-electron chi connectivity index (χ2n) is 3.35. The Kier molecular flexibility index (Phi) is 3.33. The highest BCUT2D eigenvalue weighted by molar-refractivity contribution is 9.10. The Balaban J connectivity index is 2.31. The molecule has 15 heavy (non-hydrogen) atoms. The van der Waals surface area contributed by atoms with Gasteiger partial charge in [0.15, 0.2) is 0 Å². The summed E-state index contributed by atoms with van der Waals surface area (Å²) in [6.45, 7) is 1.72. The minimum absolute atomic E-state index is 0.118. The Morgan fingerprint density at radius 2 is 2.20 bits per heavy atom. The third-order valence-corrected chi connectivity index (χ3v) is 3.09. The van der Waals surface area contributed by atoms with Gasteiger partial charge in [-0.05, 0) is 22.0 Å². The molecule has 0 amide bonds. The van der Waals surface area contributed by atoms with Crippen LogP contribution in [0.5, 0.6) is 0 Å². The lowest BCUT2D eigenvalue weighted by molar-refractivity contribution is 0.0757. The lowest BCUT2D eigenvalue weighted by Crippen LogP contribution is -2.35. The van der Waals surface area contributed by atoms with Crippen LogP contribution in [0.4, 0.5) is 8.78 Å². The van der Waals surface area contributed by atoms with E-state index in [1.54, 1.807) is 0 Å². The molecular formula is C10H10BrF2NO. The van der Waals surface area contributed by atoms with E-state index in [1.165, 1.54) is 12.1 Å². The Bertz CT molecular complexity index is 367. The lowest BCUT2D eigenvalue weighted by Gasteiger charge is -2.24. The number of nitrogens with one attached hydrogen (secondary N) is 1. The fourth-order valence-corrected chi connectivity index (χ4v) is 1.94. The van der Waals surface area contributed by atoms with E-state index in [1.807, 2.05) is 0 Å². The van der Waals surface area contributed by atoms with Crippen LogP contribution in [-0.2, 0) is 4.74 Å². The van der Waals surface area contributed by atoms with Gasteiger partial charge in [-0.25, -0.2) is 8.78 Å². The van der Waals surface area contributed by atoms with Crippen molar-refractivity contribution in [1.29, 1.82) is 0 Å². The number of hydrogen-bond acceptors (Lipinski definition) is 2. The summed E-state index contributed by atoms with van der Waals surface area (Å²) in [7, 11) is 0. The molecule has 0 spiro atoms. The van der Waals surface area contributed by atoms with Gasteiger partial charge in [0.2, 0.25) is 0 Å². The summed E-state index contributed by atoms with van der Waals surface area (Å²) in [5.41, 5.74) is 0.433. The van der Waals surface area contributed by atoms with Gasteiger partial charge in [-0.2, -0.15) is 0 Å². The lowest BCUT2D eigenvalue weighted by atomic mass is 10.1. The first kappa shape index (κ1) is 11.0. The molecule has 1 heterocycles. The van der Waals surface area contributed by atoms with Crippen LogP contribution in [0.3, 0.4) is 0 Å². The summed E-state index contributed by atoms with van der Waals surface area (Å²) < 4.78 is 31.8. The van der Waals surface area contributed by atoms with Crippen LogP contribution in [0.2, 0.25) is 0 Å². The van der Waals surface area contributed by atoms with Crippen LogP contribution in [0.1, 0.15) is 11.6 Å².